The van der Waals surface area contributed by atoms with Crippen molar-refractivity contribution in [2.45, 2.75) is 19.3 Å². The fraction of sp³-hybridized carbons (Fsp3) is 0.571. The molecule has 2 N–H and O–H groups in total. The van der Waals surface area contributed by atoms with Crippen molar-refractivity contribution in [3.63, 3.8) is 0 Å². The Morgan fingerprint density at radius 2 is 2.15 bits per heavy atom. The lowest BCUT2D eigenvalue weighted by Gasteiger charge is -2.31. The summed E-state index contributed by atoms with van der Waals surface area (Å²) in [6, 6.07) is 1.58. The Labute approximate surface area is 117 Å². The molecule has 1 fully saturated rings. The molecular weight excluding hydrogens is 260 g/mol. The smallest absolute Gasteiger partial charge is 0.254 e. The van der Waals surface area contributed by atoms with E-state index in [2.05, 4.69) is 5.32 Å². The molecule has 2 amide bonds. The molecule has 0 unspecified atom stereocenters. The van der Waals surface area contributed by atoms with Gasteiger partial charge in [-0.2, -0.15) is 0 Å². The van der Waals surface area contributed by atoms with E-state index in [0.717, 1.165) is 12.8 Å². The number of nitrogens with zero attached hydrogens (tertiary/aromatic N) is 1. The molecule has 1 aromatic rings. The second-order valence-corrected chi connectivity index (χ2v) is 5.02. The molecule has 6 nitrogen and oxygen atoms in total. The van der Waals surface area contributed by atoms with E-state index in [-0.39, 0.29) is 18.4 Å². The van der Waals surface area contributed by atoms with Crippen molar-refractivity contribution in [3.8, 4) is 0 Å². The van der Waals surface area contributed by atoms with Crippen molar-refractivity contribution in [2.24, 2.45) is 5.92 Å². The Morgan fingerprint density at radius 3 is 2.75 bits per heavy atom. The zero-order chi connectivity index (χ0) is 14.4. The van der Waals surface area contributed by atoms with Gasteiger partial charge in [-0.25, -0.2) is 0 Å². The largest absolute Gasteiger partial charge is 0.472 e. The maximum absolute atomic E-state index is 12.0. The Balaban J connectivity index is 1.67. The zero-order valence-electron chi connectivity index (χ0n) is 11.4. The third-order valence-electron chi connectivity index (χ3n) is 3.63. The third-order valence-corrected chi connectivity index (χ3v) is 3.63. The number of furan rings is 1. The van der Waals surface area contributed by atoms with Crippen LogP contribution in [-0.2, 0) is 4.79 Å². The van der Waals surface area contributed by atoms with Gasteiger partial charge in [-0.15, -0.1) is 0 Å². The molecule has 20 heavy (non-hydrogen) atoms. The number of carbonyl (C=O) groups excluding carboxylic acids is 2. The molecule has 0 bridgehead atoms. The number of amides is 2. The summed E-state index contributed by atoms with van der Waals surface area (Å²) in [5.74, 6) is 0.138. The Bertz CT molecular complexity index is 436. The minimum atomic E-state index is -0.231. The van der Waals surface area contributed by atoms with Crippen molar-refractivity contribution in [1.82, 2.24) is 10.2 Å². The fourth-order valence-corrected chi connectivity index (χ4v) is 2.30. The van der Waals surface area contributed by atoms with Crippen molar-refractivity contribution in [3.05, 3.63) is 24.2 Å². The number of piperidine rings is 1. The highest BCUT2D eigenvalue weighted by Crippen LogP contribution is 2.16. The monoisotopic (exact) mass is 280 g/mol. The number of hydrogen-bond donors (Lipinski definition) is 2. The number of carbonyl (C=O) groups is 2. The van der Waals surface area contributed by atoms with Gasteiger partial charge < -0.3 is 19.7 Å². The number of likely N-dealkylation sites (tertiary alicyclic amines) is 1. The highest BCUT2D eigenvalue weighted by molar-refractivity contribution is 5.94. The van der Waals surface area contributed by atoms with Gasteiger partial charge in [-0.1, -0.05) is 0 Å². The molecule has 0 atom stereocenters. The average Bonchev–Trinajstić information content (AvgIpc) is 3.01. The first kappa shape index (κ1) is 14.6. The molecule has 110 valence electrons. The summed E-state index contributed by atoms with van der Waals surface area (Å²) in [4.78, 5) is 25.4. The number of aliphatic hydroxyl groups is 1. The van der Waals surface area contributed by atoms with Crippen molar-refractivity contribution in [2.75, 3.05) is 26.2 Å². The van der Waals surface area contributed by atoms with Gasteiger partial charge in [0.05, 0.1) is 11.8 Å². The summed E-state index contributed by atoms with van der Waals surface area (Å²) in [6.45, 7) is 1.91. The molecule has 6 heteroatoms. The maximum Gasteiger partial charge on any atom is 0.254 e. The van der Waals surface area contributed by atoms with Crippen LogP contribution in [0, 0.1) is 5.92 Å². The first-order valence-electron chi connectivity index (χ1n) is 6.89. The molecule has 1 aromatic heterocycles. The molecule has 1 saturated heterocycles. The summed E-state index contributed by atoms with van der Waals surface area (Å²) >= 11 is 0. The summed E-state index contributed by atoms with van der Waals surface area (Å²) in [5, 5.41) is 11.7. The number of hydrogen-bond acceptors (Lipinski definition) is 4. The van der Waals surface area contributed by atoms with Gasteiger partial charge in [0.1, 0.15) is 6.26 Å². The van der Waals surface area contributed by atoms with Gasteiger partial charge in [-0.3, -0.25) is 9.59 Å². The van der Waals surface area contributed by atoms with Gasteiger partial charge in [0.2, 0.25) is 5.91 Å². The van der Waals surface area contributed by atoms with Crippen LogP contribution < -0.4 is 5.32 Å². The number of rotatable bonds is 5. The first-order valence-corrected chi connectivity index (χ1v) is 6.89. The summed E-state index contributed by atoms with van der Waals surface area (Å²) in [6.07, 6.45) is 4.81. The van der Waals surface area contributed by atoms with Crippen LogP contribution in [0.5, 0.6) is 0 Å². The van der Waals surface area contributed by atoms with E-state index in [1.807, 2.05) is 0 Å². The highest BCUT2D eigenvalue weighted by atomic mass is 16.3. The topological polar surface area (TPSA) is 82.8 Å². The Kier molecular flexibility index (Phi) is 5.17. The molecular formula is C14H20N2O4. The average molecular weight is 280 g/mol. The molecule has 0 aromatic carbocycles. The molecule has 0 spiro atoms. The van der Waals surface area contributed by atoms with Crippen LogP contribution in [0.1, 0.15) is 29.6 Å². The predicted molar refractivity (Wildman–Crippen MR) is 72.0 cm³/mol. The zero-order valence-corrected chi connectivity index (χ0v) is 11.4. The highest BCUT2D eigenvalue weighted by Gasteiger charge is 2.21. The van der Waals surface area contributed by atoms with Gasteiger partial charge in [-0.05, 0) is 24.8 Å². The van der Waals surface area contributed by atoms with E-state index in [4.69, 9.17) is 9.52 Å². The number of aliphatic hydroxyl groups excluding tert-OH is 1. The normalized spacial score (nSPS) is 16.1. The molecule has 0 aliphatic carbocycles. The van der Waals surface area contributed by atoms with Crippen molar-refractivity contribution < 1.29 is 19.1 Å². The summed E-state index contributed by atoms with van der Waals surface area (Å²) in [7, 11) is 0. The summed E-state index contributed by atoms with van der Waals surface area (Å²) < 4.78 is 4.82. The van der Waals surface area contributed by atoms with E-state index in [1.165, 1.54) is 12.5 Å². The first-order chi connectivity index (χ1) is 9.70. The van der Waals surface area contributed by atoms with E-state index in [0.29, 0.717) is 37.5 Å². The Hall–Kier alpha value is -1.82. The van der Waals surface area contributed by atoms with Crippen LogP contribution in [-0.4, -0.2) is 48.1 Å². The van der Waals surface area contributed by atoms with E-state index < -0.39 is 0 Å². The van der Waals surface area contributed by atoms with Crippen LogP contribution in [0.2, 0.25) is 0 Å². The van der Waals surface area contributed by atoms with E-state index >= 15 is 0 Å². The maximum atomic E-state index is 12.0. The van der Waals surface area contributed by atoms with Crippen LogP contribution in [0.4, 0.5) is 0 Å². The van der Waals surface area contributed by atoms with Gasteiger partial charge in [0.25, 0.3) is 5.91 Å². The molecule has 2 rings (SSSR count). The van der Waals surface area contributed by atoms with E-state index in [9.17, 15) is 9.59 Å². The predicted octanol–water partition coefficient (Wildman–Crippen LogP) is 0.630. The standard InChI is InChI=1S/C14H20N2O4/c17-9-11-2-6-16(7-3-11)13(18)1-5-15-14(19)12-4-8-20-10-12/h4,8,10-11,17H,1-3,5-7,9H2,(H,15,19). The van der Waals surface area contributed by atoms with Gasteiger partial charge in [0.15, 0.2) is 0 Å². The van der Waals surface area contributed by atoms with Gasteiger partial charge >= 0.3 is 0 Å². The van der Waals surface area contributed by atoms with Crippen molar-refractivity contribution >= 4 is 11.8 Å². The van der Waals surface area contributed by atoms with E-state index in [1.54, 1.807) is 11.0 Å². The van der Waals surface area contributed by atoms with Crippen LogP contribution in [0.15, 0.2) is 23.0 Å². The second kappa shape index (κ2) is 7.09. The quantitative estimate of drug-likeness (QED) is 0.828. The van der Waals surface area contributed by atoms with Gasteiger partial charge in [0, 0.05) is 32.7 Å². The molecule has 0 saturated carbocycles. The molecule has 1 aliphatic heterocycles. The minimum Gasteiger partial charge on any atom is -0.472 e. The Morgan fingerprint density at radius 1 is 1.40 bits per heavy atom. The van der Waals surface area contributed by atoms with Crippen molar-refractivity contribution in [1.29, 1.82) is 0 Å². The lowest BCUT2D eigenvalue weighted by molar-refractivity contribution is -0.132. The second-order valence-electron chi connectivity index (χ2n) is 5.02. The minimum absolute atomic E-state index is 0.0499. The molecule has 1 aliphatic rings. The fourth-order valence-electron chi connectivity index (χ4n) is 2.30. The lowest BCUT2D eigenvalue weighted by Crippen LogP contribution is -2.40. The van der Waals surface area contributed by atoms with Crippen LogP contribution >= 0.6 is 0 Å². The van der Waals surface area contributed by atoms with Crippen LogP contribution in [0.3, 0.4) is 0 Å². The number of nitrogens with one attached hydrogen (secondary N) is 1. The van der Waals surface area contributed by atoms with Crippen LogP contribution in [0.25, 0.3) is 0 Å². The molecule has 0 radical (unpaired) electrons. The molecule has 2 heterocycles. The third kappa shape index (κ3) is 3.84. The lowest BCUT2D eigenvalue weighted by atomic mass is 9.98. The summed E-state index contributed by atoms with van der Waals surface area (Å²) in [5.41, 5.74) is 0.459. The SMILES string of the molecule is O=C(NCCC(=O)N1CCC(CO)CC1)c1ccoc1.